The molecule has 0 bridgehead atoms. The van der Waals surface area contributed by atoms with Gasteiger partial charge < -0.3 is 0 Å². The van der Waals surface area contributed by atoms with E-state index in [2.05, 4.69) is 0 Å². The van der Waals surface area contributed by atoms with Crippen molar-refractivity contribution in [3.63, 3.8) is 0 Å². The number of rotatable bonds is 0. The molecule has 0 amide bonds. The molecule has 0 unspecified atom stereocenters. The third-order valence-electron chi connectivity index (χ3n) is 0. The van der Waals surface area contributed by atoms with E-state index in [1.807, 2.05) is 0 Å². The zero-order valence-electron chi connectivity index (χ0n) is 1.71. The van der Waals surface area contributed by atoms with Gasteiger partial charge in [-0.3, -0.25) is 0 Å². The van der Waals surface area contributed by atoms with Crippen molar-refractivity contribution >= 4 is 41.9 Å². The third kappa shape index (κ3) is 17.9. The fraction of sp³-hybridized carbons (Fsp3) is 0. The molecule has 0 rings (SSSR count). The van der Waals surface area contributed by atoms with E-state index >= 15 is 0 Å². The maximum Gasteiger partial charge on any atom is 0.316 e. The summed E-state index contributed by atoms with van der Waals surface area (Å²) in [7, 11) is 0. The van der Waals surface area contributed by atoms with Gasteiger partial charge in [-0.05, 0) is 0 Å². The van der Waals surface area contributed by atoms with E-state index in [0.29, 0.717) is 0 Å². The molecule has 16 valence electrons. The minimum Gasteiger partial charge on any atom is 0 e. The van der Waals surface area contributed by atoms with Gasteiger partial charge in [-0.2, -0.15) is 0 Å². The summed E-state index contributed by atoms with van der Waals surface area (Å²) in [4.78, 5) is 0. The summed E-state index contributed by atoms with van der Waals surface area (Å²) in [6, 6.07) is 0. The van der Waals surface area contributed by atoms with Crippen molar-refractivity contribution in [1.82, 2.24) is 0 Å². The normalized spacial score (nSPS) is 0. The summed E-state index contributed by atoms with van der Waals surface area (Å²) in [6.07, 6.45) is 0. The Morgan fingerprint density at radius 1 is 1.00 bits per heavy atom. The Morgan fingerprint density at radius 3 is 1.00 bits per heavy atom. The van der Waals surface area contributed by atoms with E-state index in [-0.39, 0.29) is 128 Å². The fourth-order valence-corrected chi connectivity index (χ4v) is 0. The third-order valence-corrected chi connectivity index (χ3v) is 0. The Labute approximate surface area is 125 Å². The van der Waals surface area contributed by atoms with Gasteiger partial charge in [0.1, 0.15) is 0 Å². The van der Waals surface area contributed by atoms with Crippen LogP contribution < -0.4 is 0 Å². The molecule has 0 aliphatic rings. The first-order chi connectivity index (χ1) is 0. The van der Waals surface area contributed by atoms with Gasteiger partial charge in [0.2, 0.25) is 0 Å². The second-order valence-electron chi connectivity index (χ2n) is 0. The minimum atomic E-state index is 0. The minimum absolute atomic E-state index is 0. The first-order valence-corrected chi connectivity index (χ1v) is 0. The Kier molecular flexibility index (Phi) is 168. The summed E-state index contributed by atoms with van der Waals surface area (Å²) < 4.78 is 0. The first-order valence-electron chi connectivity index (χ1n) is 0. The van der Waals surface area contributed by atoms with E-state index in [9.17, 15) is 0 Å². The fourth-order valence-electron chi connectivity index (χ4n) is 0. The SMILES string of the molecule is [LiH].[MgH2].[Nd].[Zn].[Zr]. The maximum atomic E-state index is 0. The quantitative estimate of drug-likeness (QED) is 0.470. The molecule has 0 aromatic rings. The standard InChI is InChI=1S/Li.Mg.Nd.Zn.Zr.3H. The van der Waals surface area contributed by atoms with Crippen molar-refractivity contribution in [1.29, 1.82) is 0 Å². The van der Waals surface area contributed by atoms with Crippen LogP contribution in [0.3, 0.4) is 0 Å². The molecular weight excluding hydrogens is 332 g/mol. The zero-order valence-corrected chi connectivity index (χ0v) is 10.3. The van der Waals surface area contributed by atoms with Crippen molar-refractivity contribution in [2.75, 3.05) is 0 Å². The smallest absolute Gasteiger partial charge is 0 e. The van der Waals surface area contributed by atoms with Crippen molar-refractivity contribution in [3.8, 4) is 0 Å². The Morgan fingerprint density at radius 2 is 1.00 bits per heavy atom. The molecule has 0 N–H and O–H groups in total. The molecule has 0 aliphatic carbocycles. The topological polar surface area (TPSA) is 0 Å². The number of hydrogen-bond donors (Lipinski definition) is 0. The van der Waals surface area contributed by atoms with Crippen LogP contribution >= 0.6 is 0 Å². The first kappa shape index (κ1) is 35.0. The van der Waals surface area contributed by atoms with Gasteiger partial charge in [0.05, 0.1) is 0 Å². The van der Waals surface area contributed by atoms with Crippen LogP contribution in [0.1, 0.15) is 0 Å². The molecule has 0 aliphatic heterocycles. The average Bonchev–Trinajstić information content (AvgIpc) is 0. The summed E-state index contributed by atoms with van der Waals surface area (Å²) in [5.41, 5.74) is 0. The van der Waals surface area contributed by atoms with Gasteiger partial charge in [-0.15, -0.1) is 0 Å². The van der Waals surface area contributed by atoms with Crippen LogP contribution in [-0.2, 0) is 45.7 Å². The Balaban J connectivity index is 0. The van der Waals surface area contributed by atoms with Gasteiger partial charge in [-0.25, -0.2) is 0 Å². The van der Waals surface area contributed by atoms with Crippen LogP contribution in [0.25, 0.3) is 0 Å². The monoisotopic (exact) mass is 330 g/mol. The van der Waals surface area contributed by atoms with Gasteiger partial charge in [-0.1, -0.05) is 0 Å². The zero-order chi connectivity index (χ0) is 0. The Bertz CT molecular complexity index is 11.6. The van der Waals surface area contributed by atoms with Crippen molar-refractivity contribution in [2.45, 2.75) is 0 Å². The van der Waals surface area contributed by atoms with Crippen LogP contribution in [0.4, 0.5) is 0 Å². The molecular formula is H3LiMgNdZnZr. The Hall–Kier alpha value is 4.22. The molecule has 0 saturated carbocycles. The molecule has 0 nitrogen and oxygen atoms in total. The summed E-state index contributed by atoms with van der Waals surface area (Å²) in [5, 5.41) is 0. The summed E-state index contributed by atoms with van der Waals surface area (Å²) in [6.45, 7) is 0. The molecule has 0 heterocycles. The van der Waals surface area contributed by atoms with Crippen LogP contribution in [0, 0.1) is 40.8 Å². The van der Waals surface area contributed by atoms with Crippen LogP contribution in [0.15, 0.2) is 0 Å². The van der Waals surface area contributed by atoms with Gasteiger partial charge in [0.25, 0.3) is 0 Å². The van der Waals surface area contributed by atoms with E-state index in [4.69, 9.17) is 0 Å². The molecule has 0 spiro atoms. The molecule has 0 fully saturated rings. The molecule has 0 atom stereocenters. The van der Waals surface area contributed by atoms with Gasteiger partial charge >= 0.3 is 41.9 Å². The van der Waals surface area contributed by atoms with Crippen LogP contribution in [-0.4, -0.2) is 41.9 Å². The second kappa shape index (κ2) is 24.1. The van der Waals surface area contributed by atoms with Crippen LogP contribution in [0.5, 0.6) is 0 Å². The molecule has 0 aromatic carbocycles. The van der Waals surface area contributed by atoms with Crippen molar-refractivity contribution in [2.24, 2.45) is 0 Å². The average molecular weight is 335 g/mol. The summed E-state index contributed by atoms with van der Waals surface area (Å²) in [5.74, 6) is 0. The molecule has 0 radical (unpaired) electrons. The van der Waals surface area contributed by atoms with E-state index in [1.54, 1.807) is 0 Å². The van der Waals surface area contributed by atoms with E-state index < -0.39 is 0 Å². The van der Waals surface area contributed by atoms with Crippen molar-refractivity contribution < 1.29 is 86.5 Å². The van der Waals surface area contributed by atoms with Gasteiger partial charge in [0, 0.05) is 86.5 Å². The van der Waals surface area contributed by atoms with E-state index in [0.717, 1.165) is 0 Å². The predicted molar refractivity (Wildman–Crippen MR) is 15.7 cm³/mol. The largest absolute Gasteiger partial charge is 0.316 e. The molecule has 5 heavy (non-hydrogen) atoms. The maximum absolute atomic E-state index is 0. The number of hydrogen-bond acceptors (Lipinski definition) is 0. The summed E-state index contributed by atoms with van der Waals surface area (Å²) >= 11 is 0. The van der Waals surface area contributed by atoms with E-state index in [1.165, 1.54) is 0 Å². The molecule has 0 aromatic heterocycles. The van der Waals surface area contributed by atoms with Gasteiger partial charge in [0.15, 0.2) is 0 Å². The molecule has 0 saturated heterocycles. The second-order valence-corrected chi connectivity index (χ2v) is 0. The van der Waals surface area contributed by atoms with Crippen molar-refractivity contribution in [3.05, 3.63) is 0 Å². The van der Waals surface area contributed by atoms with Crippen LogP contribution in [0.2, 0.25) is 0 Å². The molecule has 5 heteroatoms. The predicted octanol–water partition coefficient (Wildman–Crippen LogP) is -1.57.